The van der Waals surface area contributed by atoms with Gasteiger partial charge in [-0.25, -0.2) is 0 Å². The lowest BCUT2D eigenvalue weighted by Crippen LogP contribution is -2.33. The number of hydrogen-bond acceptors (Lipinski definition) is 2. The topological polar surface area (TPSA) is 32.3 Å². The zero-order chi connectivity index (χ0) is 14.4. The molecule has 2 aromatic carbocycles. The average molecular weight is 268 g/mol. The Labute approximate surface area is 120 Å². The fourth-order valence-electron chi connectivity index (χ4n) is 2.10. The molecule has 0 unspecified atom stereocenters. The summed E-state index contributed by atoms with van der Waals surface area (Å²) < 4.78 is 0. The second-order valence-corrected chi connectivity index (χ2v) is 4.71. The van der Waals surface area contributed by atoms with Crippen LogP contribution < -0.4 is 10.2 Å². The Hall–Kier alpha value is -2.29. The van der Waals surface area contributed by atoms with E-state index in [2.05, 4.69) is 5.32 Å². The van der Waals surface area contributed by atoms with E-state index in [0.29, 0.717) is 6.54 Å². The van der Waals surface area contributed by atoms with E-state index in [4.69, 9.17) is 0 Å². The van der Waals surface area contributed by atoms with Crippen molar-refractivity contribution in [2.75, 3.05) is 23.3 Å². The van der Waals surface area contributed by atoms with Crippen molar-refractivity contribution in [3.8, 4) is 0 Å². The normalized spacial score (nSPS) is 10.1. The van der Waals surface area contributed by atoms with E-state index in [1.807, 2.05) is 73.3 Å². The number of likely N-dealkylation sites (N-methyl/N-ethyl adjacent to an activating group) is 1. The summed E-state index contributed by atoms with van der Waals surface area (Å²) in [6, 6.07) is 17.8. The molecule has 1 amide bonds. The Morgan fingerprint density at radius 1 is 1.05 bits per heavy atom. The zero-order valence-electron chi connectivity index (χ0n) is 12.0. The van der Waals surface area contributed by atoms with Crippen LogP contribution in [0.1, 0.15) is 12.5 Å². The first-order valence-corrected chi connectivity index (χ1v) is 6.86. The smallest absolute Gasteiger partial charge is 0.243 e. The van der Waals surface area contributed by atoms with Gasteiger partial charge in [-0.3, -0.25) is 4.79 Å². The van der Waals surface area contributed by atoms with Crippen LogP contribution in [0.15, 0.2) is 54.6 Å². The van der Waals surface area contributed by atoms with Gasteiger partial charge in [-0.05, 0) is 37.6 Å². The molecule has 0 atom stereocenters. The van der Waals surface area contributed by atoms with E-state index in [1.165, 1.54) is 0 Å². The number of aryl methyl sites for hydroxylation is 1. The number of nitrogens with one attached hydrogen (secondary N) is 1. The molecule has 0 aliphatic carbocycles. The third-order valence-electron chi connectivity index (χ3n) is 3.26. The molecule has 1 N–H and O–H groups in total. The Kier molecular flexibility index (Phi) is 4.77. The van der Waals surface area contributed by atoms with Crippen LogP contribution in [-0.4, -0.2) is 19.0 Å². The van der Waals surface area contributed by atoms with Gasteiger partial charge in [0, 0.05) is 17.9 Å². The van der Waals surface area contributed by atoms with Crippen molar-refractivity contribution < 1.29 is 4.79 Å². The molecule has 0 heterocycles. The van der Waals surface area contributed by atoms with Crippen LogP contribution >= 0.6 is 0 Å². The number of amides is 1. The summed E-state index contributed by atoms with van der Waals surface area (Å²) in [6.45, 7) is 5.19. The number of rotatable bonds is 5. The highest BCUT2D eigenvalue weighted by molar-refractivity contribution is 5.94. The van der Waals surface area contributed by atoms with Gasteiger partial charge in [-0.1, -0.05) is 36.4 Å². The zero-order valence-corrected chi connectivity index (χ0v) is 12.0. The van der Waals surface area contributed by atoms with E-state index in [1.54, 1.807) is 0 Å². The second-order valence-electron chi connectivity index (χ2n) is 4.71. The molecule has 0 radical (unpaired) electrons. The number of carbonyl (C=O) groups excluding carboxylic acids is 1. The first-order chi connectivity index (χ1) is 9.70. The van der Waals surface area contributed by atoms with Crippen molar-refractivity contribution in [1.82, 2.24) is 0 Å². The SMILES string of the molecule is CCN(CC(=O)Nc1ccccc1C)c1ccccc1. The fourth-order valence-corrected chi connectivity index (χ4v) is 2.10. The maximum absolute atomic E-state index is 12.2. The highest BCUT2D eigenvalue weighted by atomic mass is 16.2. The maximum Gasteiger partial charge on any atom is 0.243 e. The minimum atomic E-state index is 0.00463. The molecule has 20 heavy (non-hydrogen) atoms. The summed E-state index contributed by atoms with van der Waals surface area (Å²) in [5.41, 5.74) is 3.01. The van der Waals surface area contributed by atoms with Gasteiger partial charge in [0.25, 0.3) is 0 Å². The molecule has 3 heteroatoms. The number of carbonyl (C=O) groups is 1. The standard InChI is InChI=1S/C17H20N2O/c1-3-19(15-10-5-4-6-11-15)13-17(20)18-16-12-8-7-9-14(16)2/h4-12H,3,13H2,1-2H3,(H,18,20). The molecule has 0 aliphatic heterocycles. The molecular formula is C17H20N2O. The lowest BCUT2D eigenvalue weighted by Gasteiger charge is -2.22. The molecule has 0 saturated heterocycles. The van der Waals surface area contributed by atoms with Crippen molar-refractivity contribution in [1.29, 1.82) is 0 Å². The molecule has 0 aliphatic rings. The summed E-state index contributed by atoms with van der Waals surface area (Å²) in [5, 5.41) is 2.96. The van der Waals surface area contributed by atoms with Crippen LogP contribution in [0.5, 0.6) is 0 Å². The van der Waals surface area contributed by atoms with Crippen molar-refractivity contribution in [3.05, 3.63) is 60.2 Å². The molecule has 3 nitrogen and oxygen atoms in total. The van der Waals surface area contributed by atoms with Crippen molar-refractivity contribution in [2.45, 2.75) is 13.8 Å². The average Bonchev–Trinajstić information content (AvgIpc) is 2.48. The summed E-state index contributed by atoms with van der Waals surface area (Å²) in [5.74, 6) is 0.00463. The Morgan fingerprint density at radius 2 is 1.70 bits per heavy atom. The Balaban J connectivity index is 2.02. The molecular weight excluding hydrogens is 248 g/mol. The molecule has 0 aromatic heterocycles. The van der Waals surface area contributed by atoms with Crippen molar-refractivity contribution in [2.24, 2.45) is 0 Å². The molecule has 0 spiro atoms. The van der Waals surface area contributed by atoms with Gasteiger partial charge in [0.15, 0.2) is 0 Å². The first-order valence-electron chi connectivity index (χ1n) is 6.86. The molecule has 0 fully saturated rings. The van der Waals surface area contributed by atoms with E-state index in [9.17, 15) is 4.79 Å². The minimum absolute atomic E-state index is 0.00463. The van der Waals surface area contributed by atoms with E-state index < -0.39 is 0 Å². The van der Waals surface area contributed by atoms with Gasteiger partial charge in [0.05, 0.1) is 6.54 Å². The predicted molar refractivity (Wildman–Crippen MR) is 84.1 cm³/mol. The van der Waals surface area contributed by atoms with Gasteiger partial charge in [-0.2, -0.15) is 0 Å². The van der Waals surface area contributed by atoms with E-state index in [-0.39, 0.29) is 5.91 Å². The lowest BCUT2D eigenvalue weighted by atomic mass is 10.2. The summed E-state index contributed by atoms with van der Waals surface area (Å²) in [7, 11) is 0. The second kappa shape index (κ2) is 6.75. The quantitative estimate of drug-likeness (QED) is 0.900. The van der Waals surface area contributed by atoms with Gasteiger partial charge >= 0.3 is 0 Å². The van der Waals surface area contributed by atoms with Gasteiger partial charge in [0.2, 0.25) is 5.91 Å². The van der Waals surface area contributed by atoms with Gasteiger partial charge in [0.1, 0.15) is 0 Å². The molecule has 2 rings (SSSR count). The summed E-state index contributed by atoms with van der Waals surface area (Å²) in [4.78, 5) is 14.2. The van der Waals surface area contributed by atoms with Crippen molar-refractivity contribution in [3.63, 3.8) is 0 Å². The summed E-state index contributed by atoms with van der Waals surface area (Å²) >= 11 is 0. The molecule has 0 saturated carbocycles. The van der Waals surface area contributed by atoms with Crippen LogP contribution in [0.3, 0.4) is 0 Å². The van der Waals surface area contributed by atoms with Crippen LogP contribution in [0.2, 0.25) is 0 Å². The number of hydrogen-bond donors (Lipinski definition) is 1. The highest BCUT2D eigenvalue weighted by Crippen LogP contribution is 2.15. The third kappa shape index (κ3) is 3.60. The van der Waals surface area contributed by atoms with Crippen LogP contribution in [0, 0.1) is 6.92 Å². The lowest BCUT2D eigenvalue weighted by molar-refractivity contribution is -0.115. The highest BCUT2D eigenvalue weighted by Gasteiger charge is 2.10. The number of para-hydroxylation sites is 2. The molecule has 0 bridgehead atoms. The number of anilines is 2. The van der Waals surface area contributed by atoms with E-state index in [0.717, 1.165) is 23.5 Å². The first kappa shape index (κ1) is 14.1. The Bertz CT molecular complexity index is 566. The fraction of sp³-hybridized carbons (Fsp3) is 0.235. The molecule has 2 aromatic rings. The van der Waals surface area contributed by atoms with Gasteiger partial charge < -0.3 is 10.2 Å². The maximum atomic E-state index is 12.2. The van der Waals surface area contributed by atoms with Crippen LogP contribution in [-0.2, 0) is 4.79 Å². The summed E-state index contributed by atoms with van der Waals surface area (Å²) in [6.07, 6.45) is 0. The Morgan fingerprint density at radius 3 is 2.35 bits per heavy atom. The van der Waals surface area contributed by atoms with E-state index >= 15 is 0 Å². The van der Waals surface area contributed by atoms with Crippen molar-refractivity contribution >= 4 is 17.3 Å². The number of benzene rings is 2. The largest absolute Gasteiger partial charge is 0.362 e. The monoisotopic (exact) mass is 268 g/mol. The molecule has 104 valence electrons. The van der Waals surface area contributed by atoms with Crippen LogP contribution in [0.25, 0.3) is 0 Å². The van der Waals surface area contributed by atoms with Crippen LogP contribution in [0.4, 0.5) is 11.4 Å². The minimum Gasteiger partial charge on any atom is -0.362 e. The predicted octanol–water partition coefficient (Wildman–Crippen LogP) is 3.46. The van der Waals surface area contributed by atoms with Gasteiger partial charge in [-0.15, -0.1) is 0 Å². The number of nitrogens with zero attached hydrogens (tertiary/aromatic N) is 1. The third-order valence-corrected chi connectivity index (χ3v) is 3.26.